The normalized spacial score (nSPS) is 11.5. The van der Waals surface area contributed by atoms with Crippen molar-refractivity contribution in [2.75, 3.05) is 5.32 Å². The number of pyridine rings is 1. The van der Waals surface area contributed by atoms with Crippen LogP contribution in [-0.2, 0) is 7.05 Å². The number of fused-ring (bicyclic) bond motifs is 1. The number of carbonyl (C=O) groups is 1. The van der Waals surface area contributed by atoms with Crippen LogP contribution in [-0.4, -0.2) is 30.5 Å². The Morgan fingerprint density at radius 3 is 2.64 bits per heavy atom. The first-order chi connectivity index (χ1) is 13.3. The average Bonchev–Trinajstić information content (AvgIpc) is 3.32. The Kier molecular flexibility index (Phi) is 4.26. The molecule has 4 aromatic rings. The first-order valence-corrected chi connectivity index (χ1v) is 9.10. The molecule has 4 rings (SSSR count). The highest BCUT2D eigenvalue weighted by atomic mass is 16.3. The zero-order valence-electron chi connectivity index (χ0n) is 16.5. The van der Waals surface area contributed by atoms with Crippen LogP contribution < -0.4 is 5.32 Å². The Labute approximate surface area is 162 Å². The number of nitrogens with one attached hydrogen (secondary N) is 1. The third-order valence-electron chi connectivity index (χ3n) is 4.57. The van der Waals surface area contributed by atoms with Crippen LogP contribution >= 0.6 is 0 Å². The van der Waals surface area contributed by atoms with Crippen LogP contribution in [0.15, 0.2) is 35.0 Å². The van der Waals surface area contributed by atoms with Gasteiger partial charge in [-0.2, -0.15) is 10.2 Å². The minimum atomic E-state index is -0.256. The van der Waals surface area contributed by atoms with Crippen LogP contribution in [0.25, 0.3) is 22.3 Å². The molecule has 1 amide bonds. The fourth-order valence-corrected chi connectivity index (χ4v) is 3.27. The van der Waals surface area contributed by atoms with Crippen molar-refractivity contribution in [1.29, 1.82) is 0 Å². The van der Waals surface area contributed by atoms with Gasteiger partial charge >= 0.3 is 0 Å². The van der Waals surface area contributed by atoms with Crippen LogP contribution in [0.4, 0.5) is 5.82 Å². The summed E-state index contributed by atoms with van der Waals surface area (Å²) >= 11 is 0. The summed E-state index contributed by atoms with van der Waals surface area (Å²) in [7, 11) is 1.80. The molecule has 0 bridgehead atoms. The molecule has 0 unspecified atom stereocenters. The minimum Gasteiger partial charge on any atom is -0.466 e. The molecule has 0 saturated carbocycles. The second-order valence-electron chi connectivity index (χ2n) is 7.13. The van der Waals surface area contributed by atoms with Crippen molar-refractivity contribution in [2.45, 2.75) is 33.7 Å². The molecule has 8 nitrogen and oxygen atoms in total. The third-order valence-corrected chi connectivity index (χ3v) is 4.57. The maximum Gasteiger partial charge on any atom is 0.257 e. The van der Waals surface area contributed by atoms with Crippen LogP contribution in [0.1, 0.15) is 41.8 Å². The van der Waals surface area contributed by atoms with Gasteiger partial charge < -0.3 is 9.73 Å². The quantitative estimate of drug-likeness (QED) is 0.582. The van der Waals surface area contributed by atoms with Gasteiger partial charge in [0.05, 0.1) is 22.8 Å². The molecule has 0 atom stereocenters. The van der Waals surface area contributed by atoms with Crippen molar-refractivity contribution in [3.05, 3.63) is 47.7 Å². The molecule has 0 fully saturated rings. The van der Waals surface area contributed by atoms with E-state index in [0.29, 0.717) is 28.1 Å². The van der Waals surface area contributed by atoms with E-state index in [2.05, 4.69) is 15.5 Å². The lowest BCUT2D eigenvalue weighted by Gasteiger charge is -2.10. The molecule has 8 heteroatoms. The summed E-state index contributed by atoms with van der Waals surface area (Å²) in [6, 6.07) is 5.57. The monoisotopic (exact) mass is 378 g/mol. The molecule has 0 aliphatic carbocycles. The minimum absolute atomic E-state index is 0.110. The highest BCUT2D eigenvalue weighted by molar-refractivity contribution is 6.12. The molecule has 0 aliphatic heterocycles. The molecule has 0 aromatic carbocycles. The molecule has 4 heterocycles. The SMILES string of the molecule is Cc1cc(-c2cc(C(=O)Nc3ccn(C)n3)c3cnn(C(C)C)c3n2)c(C)o1. The summed E-state index contributed by atoms with van der Waals surface area (Å²) in [5.74, 6) is 1.79. The lowest BCUT2D eigenvalue weighted by atomic mass is 10.1. The number of aromatic nitrogens is 5. The molecular formula is C20H22N6O2. The molecule has 0 radical (unpaired) electrons. The summed E-state index contributed by atoms with van der Waals surface area (Å²) in [5.41, 5.74) is 2.70. The van der Waals surface area contributed by atoms with Crippen LogP contribution in [0.5, 0.6) is 0 Å². The van der Waals surface area contributed by atoms with Gasteiger partial charge in [0, 0.05) is 30.9 Å². The fraction of sp³-hybridized carbons (Fsp3) is 0.300. The average molecular weight is 378 g/mol. The Morgan fingerprint density at radius 1 is 1.25 bits per heavy atom. The number of hydrogen-bond acceptors (Lipinski definition) is 5. The maximum absolute atomic E-state index is 13.0. The van der Waals surface area contributed by atoms with Gasteiger partial charge in [-0.05, 0) is 39.8 Å². The summed E-state index contributed by atoms with van der Waals surface area (Å²) in [6.07, 6.45) is 3.46. The van der Waals surface area contributed by atoms with Gasteiger partial charge in [-0.3, -0.25) is 9.48 Å². The van der Waals surface area contributed by atoms with Crippen LogP contribution in [0.2, 0.25) is 0 Å². The number of aryl methyl sites for hydroxylation is 3. The first kappa shape index (κ1) is 18.0. The number of hydrogen-bond donors (Lipinski definition) is 1. The van der Waals surface area contributed by atoms with Crippen molar-refractivity contribution in [2.24, 2.45) is 7.05 Å². The lowest BCUT2D eigenvalue weighted by molar-refractivity contribution is 0.102. The molecule has 28 heavy (non-hydrogen) atoms. The second kappa shape index (κ2) is 6.63. The second-order valence-corrected chi connectivity index (χ2v) is 7.13. The predicted molar refractivity (Wildman–Crippen MR) is 106 cm³/mol. The van der Waals surface area contributed by atoms with E-state index in [0.717, 1.165) is 17.1 Å². The third kappa shape index (κ3) is 3.06. The van der Waals surface area contributed by atoms with Crippen molar-refractivity contribution in [3.8, 4) is 11.3 Å². The van der Waals surface area contributed by atoms with Gasteiger partial charge in [-0.25, -0.2) is 9.67 Å². The largest absolute Gasteiger partial charge is 0.466 e. The van der Waals surface area contributed by atoms with E-state index < -0.39 is 0 Å². The van der Waals surface area contributed by atoms with Gasteiger partial charge in [-0.1, -0.05) is 0 Å². The van der Waals surface area contributed by atoms with Crippen LogP contribution in [0, 0.1) is 13.8 Å². The molecular weight excluding hydrogens is 356 g/mol. The fourth-order valence-electron chi connectivity index (χ4n) is 3.27. The molecule has 0 aliphatic rings. The smallest absolute Gasteiger partial charge is 0.257 e. The van der Waals surface area contributed by atoms with Crippen molar-refractivity contribution >= 4 is 22.8 Å². The topological polar surface area (TPSA) is 90.8 Å². The van der Waals surface area contributed by atoms with Crippen molar-refractivity contribution in [3.63, 3.8) is 0 Å². The number of rotatable bonds is 4. The summed E-state index contributed by atoms with van der Waals surface area (Å²) in [6.45, 7) is 7.84. The number of nitrogens with zero attached hydrogens (tertiary/aromatic N) is 5. The predicted octanol–water partition coefficient (Wildman–Crippen LogP) is 3.87. The summed E-state index contributed by atoms with van der Waals surface area (Å²) < 4.78 is 9.12. The van der Waals surface area contributed by atoms with Gasteiger partial charge in [0.2, 0.25) is 0 Å². The Hall–Kier alpha value is -3.42. The number of amides is 1. The maximum atomic E-state index is 13.0. The van der Waals surface area contributed by atoms with Gasteiger partial charge in [0.15, 0.2) is 11.5 Å². The van der Waals surface area contributed by atoms with Gasteiger partial charge in [0.25, 0.3) is 5.91 Å². The van der Waals surface area contributed by atoms with Crippen molar-refractivity contribution < 1.29 is 9.21 Å². The highest BCUT2D eigenvalue weighted by Crippen LogP contribution is 2.30. The molecule has 0 spiro atoms. The summed E-state index contributed by atoms with van der Waals surface area (Å²) in [5, 5.41) is 12.2. The van der Waals surface area contributed by atoms with Gasteiger partial charge in [0.1, 0.15) is 11.5 Å². The number of anilines is 1. The van der Waals surface area contributed by atoms with E-state index in [1.165, 1.54) is 0 Å². The standard InChI is InChI=1S/C20H22N6O2/c1-11(2)26-19-16(10-21-26)15(20(27)23-18-6-7-25(5)24-18)9-17(22-19)14-8-12(3)28-13(14)4/h6-11H,1-5H3,(H,23,24,27). The highest BCUT2D eigenvalue weighted by Gasteiger charge is 2.20. The van der Waals surface area contributed by atoms with Crippen LogP contribution in [0.3, 0.4) is 0 Å². The van der Waals surface area contributed by atoms with E-state index in [4.69, 9.17) is 9.40 Å². The van der Waals surface area contributed by atoms with E-state index in [-0.39, 0.29) is 11.9 Å². The molecule has 4 aromatic heterocycles. The summed E-state index contributed by atoms with van der Waals surface area (Å²) in [4.78, 5) is 17.8. The first-order valence-electron chi connectivity index (χ1n) is 9.10. The van der Waals surface area contributed by atoms with E-state index in [1.54, 1.807) is 36.3 Å². The number of carbonyl (C=O) groups excluding carboxylic acids is 1. The van der Waals surface area contributed by atoms with E-state index in [9.17, 15) is 4.79 Å². The molecule has 1 N–H and O–H groups in total. The lowest BCUT2D eigenvalue weighted by Crippen LogP contribution is -2.14. The van der Waals surface area contributed by atoms with E-state index in [1.807, 2.05) is 38.4 Å². The van der Waals surface area contributed by atoms with E-state index >= 15 is 0 Å². The van der Waals surface area contributed by atoms with Crippen molar-refractivity contribution in [1.82, 2.24) is 24.5 Å². The Bertz CT molecular complexity index is 1180. The molecule has 144 valence electrons. The molecule has 0 saturated heterocycles. The zero-order valence-corrected chi connectivity index (χ0v) is 16.5. The Morgan fingerprint density at radius 2 is 2.04 bits per heavy atom. The Balaban J connectivity index is 1.88. The zero-order chi connectivity index (χ0) is 20.0. The number of furan rings is 1. The van der Waals surface area contributed by atoms with Gasteiger partial charge in [-0.15, -0.1) is 0 Å².